The van der Waals surface area contributed by atoms with E-state index in [9.17, 15) is 4.79 Å². The summed E-state index contributed by atoms with van der Waals surface area (Å²) in [6.45, 7) is 4.07. The van der Waals surface area contributed by atoms with E-state index in [2.05, 4.69) is 10.2 Å². The molecule has 0 fully saturated rings. The van der Waals surface area contributed by atoms with Gasteiger partial charge in [0.2, 0.25) is 4.96 Å². The molecular weight excluding hydrogens is 318 g/mol. The standard InChI is InChI=1S/C19H15N3OS/c1-12-3-7-14(8-4-12)11-16-18(23)22-17(20-21-19(22)24-16)15-9-5-13(2)6-10-15/h3-11H,1-2H3/b16-11+. The molecule has 118 valence electrons. The Morgan fingerprint density at radius 3 is 2.21 bits per heavy atom. The summed E-state index contributed by atoms with van der Waals surface area (Å²) < 4.78 is 2.26. The van der Waals surface area contributed by atoms with Crippen LogP contribution in [0.15, 0.2) is 53.3 Å². The number of thiazole rings is 1. The molecule has 0 unspecified atom stereocenters. The van der Waals surface area contributed by atoms with E-state index in [0.29, 0.717) is 15.3 Å². The van der Waals surface area contributed by atoms with E-state index in [4.69, 9.17) is 0 Å². The number of hydrogen-bond acceptors (Lipinski definition) is 4. The van der Waals surface area contributed by atoms with Crippen molar-refractivity contribution in [2.45, 2.75) is 13.8 Å². The molecule has 2 heterocycles. The van der Waals surface area contributed by atoms with Gasteiger partial charge in [0.1, 0.15) is 0 Å². The topological polar surface area (TPSA) is 47.3 Å². The third kappa shape index (κ3) is 2.53. The molecule has 0 N–H and O–H groups in total. The molecule has 0 radical (unpaired) electrons. The zero-order valence-electron chi connectivity index (χ0n) is 13.4. The molecule has 0 aliphatic rings. The van der Waals surface area contributed by atoms with Crippen molar-refractivity contribution in [3.8, 4) is 11.4 Å². The maximum absolute atomic E-state index is 12.8. The first-order valence-electron chi connectivity index (χ1n) is 7.65. The van der Waals surface area contributed by atoms with Crippen molar-refractivity contribution in [1.82, 2.24) is 14.6 Å². The highest BCUT2D eigenvalue weighted by Crippen LogP contribution is 2.18. The fraction of sp³-hybridized carbons (Fsp3) is 0.105. The fourth-order valence-electron chi connectivity index (χ4n) is 2.57. The van der Waals surface area contributed by atoms with E-state index in [-0.39, 0.29) is 5.56 Å². The maximum atomic E-state index is 12.8. The Balaban J connectivity index is 1.89. The van der Waals surface area contributed by atoms with Gasteiger partial charge in [-0.05, 0) is 25.5 Å². The molecule has 0 bridgehead atoms. The first-order valence-corrected chi connectivity index (χ1v) is 8.47. The van der Waals surface area contributed by atoms with Gasteiger partial charge >= 0.3 is 0 Å². The zero-order chi connectivity index (χ0) is 16.7. The Bertz CT molecular complexity index is 1120. The molecule has 2 aromatic carbocycles. The molecular formula is C19H15N3OS. The SMILES string of the molecule is Cc1ccc(/C=c2/sc3nnc(-c4ccc(C)cc4)n3c2=O)cc1. The van der Waals surface area contributed by atoms with Crippen LogP contribution in [0.4, 0.5) is 0 Å². The third-order valence-electron chi connectivity index (χ3n) is 3.93. The molecule has 4 aromatic rings. The number of hydrogen-bond donors (Lipinski definition) is 0. The number of benzene rings is 2. The summed E-state index contributed by atoms with van der Waals surface area (Å²) in [5, 5.41) is 8.35. The second-order valence-electron chi connectivity index (χ2n) is 5.83. The van der Waals surface area contributed by atoms with Crippen LogP contribution >= 0.6 is 11.3 Å². The van der Waals surface area contributed by atoms with Crippen LogP contribution in [0.2, 0.25) is 0 Å². The van der Waals surface area contributed by atoms with E-state index in [1.165, 1.54) is 22.5 Å². The van der Waals surface area contributed by atoms with Gasteiger partial charge in [0.05, 0.1) is 4.53 Å². The number of aromatic nitrogens is 3. The summed E-state index contributed by atoms with van der Waals surface area (Å²) in [4.78, 5) is 13.4. The first-order chi connectivity index (χ1) is 11.6. The summed E-state index contributed by atoms with van der Waals surface area (Å²) >= 11 is 1.36. The van der Waals surface area contributed by atoms with Crippen molar-refractivity contribution in [1.29, 1.82) is 0 Å². The second-order valence-corrected chi connectivity index (χ2v) is 6.84. The zero-order valence-corrected chi connectivity index (χ0v) is 14.2. The van der Waals surface area contributed by atoms with Crippen LogP contribution in [0.1, 0.15) is 16.7 Å². The quantitative estimate of drug-likeness (QED) is 0.566. The predicted molar refractivity (Wildman–Crippen MR) is 97.3 cm³/mol. The van der Waals surface area contributed by atoms with Gasteiger partial charge in [0, 0.05) is 5.56 Å². The summed E-state index contributed by atoms with van der Waals surface area (Å²) in [7, 11) is 0. The molecule has 5 heteroatoms. The molecule has 0 aliphatic heterocycles. The lowest BCUT2D eigenvalue weighted by molar-refractivity contribution is 1.09. The Morgan fingerprint density at radius 1 is 0.917 bits per heavy atom. The highest BCUT2D eigenvalue weighted by molar-refractivity contribution is 7.15. The summed E-state index contributed by atoms with van der Waals surface area (Å²) in [6.07, 6.45) is 1.90. The minimum Gasteiger partial charge on any atom is -0.267 e. The van der Waals surface area contributed by atoms with Gasteiger partial charge in [-0.1, -0.05) is 71.0 Å². The smallest absolute Gasteiger partial charge is 0.267 e. The average Bonchev–Trinajstić information content (AvgIpc) is 3.12. The van der Waals surface area contributed by atoms with Crippen molar-refractivity contribution >= 4 is 22.4 Å². The van der Waals surface area contributed by atoms with Crippen LogP contribution in [-0.4, -0.2) is 14.6 Å². The van der Waals surface area contributed by atoms with Crippen molar-refractivity contribution < 1.29 is 0 Å². The lowest BCUT2D eigenvalue weighted by Gasteiger charge is -1.97. The van der Waals surface area contributed by atoms with E-state index in [0.717, 1.165) is 11.1 Å². The lowest BCUT2D eigenvalue weighted by Crippen LogP contribution is -2.23. The van der Waals surface area contributed by atoms with Gasteiger partial charge in [0.25, 0.3) is 5.56 Å². The highest BCUT2D eigenvalue weighted by atomic mass is 32.1. The predicted octanol–water partition coefficient (Wildman–Crippen LogP) is 2.98. The van der Waals surface area contributed by atoms with E-state index in [1.807, 2.05) is 68.5 Å². The van der Waals surface area contributed by atoms with Crippen LogP contribution in [0, 0.1) is 13.8 Å². The van der Waals surface area contributed by atoms with Crippen LogP contribution in [0.3, 0.4) is 0 Å². The highest BCUT2D eigenvalue weighted by Gasteiger charge is 2.13. The monoisotopic (exact) mass is 333 g/mol. The normalized spacial score (nSPS) is 12.2. The van der Waals surface area contributed by atoms with Gasteiger partial charge in [-0.3, -0.25) is 4.79 Å². The minimum absolute atomic E-state index is 0.0730. The third-order valence-corrected chi connectivity index (χ3v) is 4.89. The summed E-state index contributed by atoms with van der Waals surface area (Å²) in [5.41, 5.74) is 4.19. The molecule has 0 aliphatic carbocycles. The largest absolute Gasteiger partial charge is 0.276 e. The minimum atomic E-state index is -0.0730. The molecule has 4 rings (SSSR count). The van der Waals surface area contributed by atoms with Gasteiger partial charge in [-0.25, -0.2) is 4.40 Å². The Hall–Kier alpha value is -2.79. The Morgan fingerprint density at radius 2 is 1.54 bits per heavy atom. The van der Waals surface area contributed by atoms with Gasteiger partial charge < -0.3 is 0 Å². The molecule has 24 heavy (non-hydrogen) atoms. The molecule has 0 amide bonds. The van der Waals surface area contributed by atoms with Crippen molar-refractivity contribution in [3.63, 3.8) is 0 Å². The summed E-state index contributed by atoms with van der Waals surface area (Å²) in [5.74, 6) is 0.592. The van der Waals surface area contributed by atoms with Crippen molar-refractivity contribution in [2.75, 3.05) is 0 Å². The van der Waals surface area contributed by atoms with Crippen LogP contribution < -0.4 is 10.1 Å². The van der Waals surface area contributed by atoms with Gasteiger partial charge in [-0.2, -0.15) is 0 Å². The average molecular weight is 333 g/mol. The lowest BCUT2D eigenvalue weighted by atomic mass is 10.1. The molecule has 0 saturated heterocycles. The fourth-order valence-corrected chi connectivity index (χ4v) is 3.48. The summed E-state index contributed by atoms with van der Waals surface area (Å²) in [6, 6.07) is 16.0. The van der Waals surface area contributed by atoms with Gasteiger partial charge in [0.15, 0.2) is 5.82 Å². The number of nitrogens with zero attached hydrogens (tertiary/aromatic N) is 3. The van der Waals surface area contributed by atoms with Crippen LogP contribution in [-0.2, 0) is 0 Å². The Kier molecular flexibility index (Phi) is 3.50. The van der Waals surface area contributed by atoms with Crippen molar-refractivity contribution in [3.05, 3.63) is 80.1 Å². The molecule has 4 nitrogen and oxygen atoms in total. The van der Waals surface area contributed by atoms with E-state index < -0.39 is 0 Å². The molecule has 0 spiro atoms. The van der Waals surface area contributed by atoms with E-state index in [1.54, 1.807) is 4.40 Å². The first kappa shape index (κ1) is 14.8. The van der Waals surface area contributed by atoms with Gasteiger partial charge in [-0.15, -0.1) is 10.2 Å². The van der Waals surface area contributed by atoms with Crippen LogP contribution in [0.25, 0.3) is 22.4 Å². The number of fused-ring (bicyclic) bond motifs is 1. The maximum Gasteiger partial charge on any atom is 0.276 e. The van der Waals surface area contributed by atoms with E-state index >= 15 is 0 Å². The van der Waals surface area contributed by atoms with Crippen LogP contribution in [0.5, 0.6) is 0 Å². The molecule has 0 saturated carbocycles. The number of rotatable bonds is 2. The molecule has 2 aromatic heterocycles. The molecule has 0 atom stereocenters. The Labute approximate surface area is 142 Å². The van der Waals surface area contributed by atoms with Crippen molar-refractivity contribution in [2.24, 2.45) is 0 Å². The number of aryl methyl sites for hydroxylation is 2. The second kappa shape index (κ2) is 5.69.